The van der Waals surface area contributed by atoms with Gasteiger partial charge in [-0.1, -0.05) is 170 Å². The maximum atomic E-state index is 5.34. The van der Waals surface area contributed by atoms with Crippen LogP contribution >= 0.6 is 0 Å². The SMILES string of the molecule is c1ccc(-c2nc(-c3ccccc3)nc(-c3cccc(-n4c5ccccc5c5cc(-c6ccc7c(c6)c6ccccc6n7-c6ccccc6)ccc54)c3-n3c4ccccc4c4ccccc43)n2)cc1. The Hall–Kier alpha value is -9.39. The van der Waals surface area contributed by atoms with Crippen molar-refractivity contribution >= 4 is 65.4 Å². The first-order valence-electron chi connectivity index (χ1n) is 23.4. The van der Waals surface area contributed by atoms with E-state index < -0.39 is 0 Å². The molecule has 4 aromatic heterocycles. The van der Waals surface area contributed by atoms with E-state index in [4.69, 9.17) is 15.0 Å². The highest BCUT2D eigenvalue weighted by molar-refractivity contribution is 6.14. The Labute approximate surface area is 397 Å². The smallest absolute Gasteiger partial charge is 0.166 e. The fourth-order valence-electron chi connectivity index (χ4n) is 10.6. The van der Waals surface area contributed by atoms with E-state index >= 15 is 0 Å². The molecule has 0 atom stereocenters. The van der Waals surface area contributed by atoms with Gasteiger partial charge in [-0.05, 0) is 83.9 Å². The van der Waals surface area contributed by atoms with Gasteiger partial charge in [0.15, 0.2) is 17.5 Å². The van der Waals surface area contributed by atoms with Crippen LogP contribution in [-0.4, -0.2) is 28.7 Å². The van der Waals surface area contributed by atoms with Crippen molar-refractivity contribution in [2.75, 3.05) is 0 Å². The first-order valence-corrected chi connectivity index (χ1v) is 23.4. The Morgan fingerprint density at radius 1 is 0.246 bits per heavy atom. The molecule has 0 amide bonds. The summed E-state index contributed by atoms with van der Waals surface area (Å²) in [6, 6.07) is 86.4. The molecule has 0 unspecified atom stereocenters. The molecule has 0 saturated carbocycles. The van der Waals surface area contributed by atoms with Crippen molar-refractivity contribution in [2.45, 2.75) is 0 Å². The Kier molecular flexibility index (Phi) is 8.79. The molecule has 0 saturated heterocycles. The third-order valence-electron chi connectivity index (χ3n) is 13.7. The fourth-order valence-corrected chi connectivity index (χ4v) is 10.6. The first-order chi connectivity index (χ1) is 34.2. The molecule has 10 aromatic carbocycles. The largest absolute Gasteiger partial charge is 0.309 e. The molecule has 14 aromatic rings. The van der Waals surface area contributed by atoms with E-state index in [0.29, 0.717) is 17.5 Å². The standard InChI is InChI=1S/C63H40N6/c1-4-19-41(20-5-1)61-64-62(42-21-6-2-7-22-42)66-63(65-61)50-29-18-34-59(60(50)69-55-32-16-10-25-46(55)47-26-11-17-33-56(47)69)68-54-31-15-13-28-49(54)52-40-44(36-38-58(52)68)43-35-37-57-51(39-43)48-27-12-14-30-53(48)67(57)45-23-8-3-9-24-45/h1-40H. The lowest BCUT2D eigenvalue weighted by Crippen LogP contribution is -2.08. The first kappa shape index (κ1) is 38.8. The molecule has 0 aliphatic carbocycles. The summed E-state index contributed by atoms with van der Waals surface area (Å²) in [6.45, 7) is 0. The molecular formula is C63H40N6. The van der Waals surface area contributed by atoms with Gasteiger partial charge in [0, 0.05) is 54.7 Å². The predicted molar refractivity (Wildman–Crippen MR) is 285 cm³/mol. The van der Waals surface area contributed by atoms with Crippen LogP contribution < -0.4 is 0 Å². The minimum Gasteiger partial charge on any atom is -0.309 e. The Morgan fingerprint density at radius 3 is 1.16 bits per heavy atom. The second-order valence-corrected chi connectivity index (χ2v) is 17.6. The zero-order valence-corrected chi connectivity index (χ0v) is 37.3. The van der Waals surface area contributed by atoms with E-state index in [2.05, 4.69) is 220 Å². The van der Waals surface area contributed by atoms with Crippen molar-refractivity contribution in [2.24, 2.45) is 0 Å². The second-order valence-electron chi connectivity index (χ2n) is 17.6. The van der Waals surface area contributed by atoms with Gasteiger partial charge in [-0.3, -0.25) is 0 Å². The highest BCUT2D eigenvalue weighted by Gasteiger charge is 2.25. The van der Waals surface area contributed by atoms with Crippen molar-refractivity contribution in [3.8, 4) is 62.4 Å². The molecular weight excluding hydrogens is 841 g/mol. The normalized spacial score (nSPS) is 11.8. The monoisotopic (exact) mass is 880 g/mol. The van der Waals surface area contributed by atoms with Crippen LogP contribution in [0.2, 0.25) is 0 Å². The second kappa shape index (κ2) is 15.6. The van der Waals surface area contributed by atoms with Gasteiger partial charge in [-0.15, -0.1) is 0 Å². The maximum absolute atomic E-state index is 5.34. The van der Waals surface area contributed by atoms with Gasteiger partial charge in [-0.2, -0.15) is 0 Å². The number of fused-ring (bicyclic) bond motifs is 9. The number of rotatable bonds is 7. The van der Waals surface area contributed by atoms with E-state index in [1.807, 2.05) is 36.4 Å². The molecule has 0 N–H and O–H groups in total. The van der Waals surface area contributed by atoms with E-state index in [1.165, 1.54) is 48.9 Å². The molecule has 322 valence electrons. The van der Waals surface area contributed by atoms with Crippen LogP contribution in [0.15, 0.2) is 243 Å². The number of benzene rings is 10. The molecule has 0 bridgehead atoms. The summed E-state index contributed by atoms with van der Waals surface area (Å²) < 4.78 is 7.22. The number of nitrogens with zero attached hydrogens (tertiary/aromatic N) is 6. The highest BCUT2D eigenvalue weighted by atomic mass is 15.1. The molecule has 0 radical (unpaired) electrons. The lowest BCUT2D eigenvalue weighted by Gasteiger charge is -2.20. The van der Waals surface area contributed by atoms with Gasteiger partial charge < -0.3 is 13.7 Å². The number of hydrogen-bond donors (Lipinski definition) is 0. The van der Waals surface area contributed by atoms with Crippen molar-refractivity contribution in [3.05, 3.63) is 243 Å². The topological polar surface area (TPSA) is 53.5 Å². The van der Waals surface area contributed by atoms with Crippen molar-refractivity contribution < 1.29 is 0 Å². The molecule has 69 heavy (non-hydrogen) atoms. The van der Waals surface area contributed by atoms with Gasteiger partial charge in [0.1, 0.15) is 0 Å². The minimum absolute atomic E-state index is 0.591. The summed E-state index contributed by atoms with van der Waals surface area (Å²) in [4.78, 5) is 15.8. The van der Waals surface area contributed by atoms with Gasteiger partial charge in [0.05, 0.1) is 44.5 Å². The van der Waals surface area contributed by atoms with Crippen LogP contribution in [0, 0.1) is 0 Å². The molecule has 0 spiro atoms. The van der Waals surface area contributed by atoms with Crippen LogP contribution in [0.25, 0.3) is 128 Å². The van der Waals surface area contributed by atoms with E-state index in [9.17, 15) is 0 Å². The van der Waals surface area contributed by atoms with E-state index in [-0.39, 0.29) is 0 Å². The van der Waals surface area contributed by atoms with Crippen molar-refractivity contribution in [1.82, 2.24) is 28.7 Å². The van der Waals surface area contributed by atoms with Gasteiger partial charge in [0.25, 0.3) is 0 Å². The van der Waals surface area contributed by atoms with Crippen LogP contribution in [0.3, 0.4) is 0 Å². The summed E-state index contributed by atoms with van der Waals surface area (Å²) in [6.07, 6.45) is 0. The van der Waals surface area contributed by atoms with Crippen LogP contribution in [-0.2, 0) is 0 Å². The van der Waals surface area contributed by atoms with Gasteiger partial charge in [-0.25, -0.2) is 15.0 Å². The van der Waals surface area contributed by atoms with Crippen LogP contribution in [0.5, 0.6) is 0 Å². The Morgan fingerprint density at radius 2 is 0.638 bits per heavy atom. The van der Waals surface area contributed by atoms with Crippen molar-refractivity contribution in [1.29, 1.82) is 0 Å². The Bertz CT molecular complexity index is 4190. The third-order valence-corrected chi connectivity index (χ3v) is 13.7. The number of hydrogen-bond acceptors (Lipinski definition) is 3. The molecule has 0 fully saturated rings. The van der Waals surface area contributed by atoms with Gasteiger partial charge >= 0.3 is 0 Å². The summed E-state index contributed by atoms with van der Waals surface area (Å²) >= 11 is 0. The molecule has 6 nitrogen and oxygen atoms in total. The predicted octanol–water partition coefficient (Wildman–Crippen LogP) is 15.8. The quantitative estimate of drug-likeness (QED) is 0.160. The lowest BCUT2D eigenvalue weighted by molar-refractivity contribution is 1.05. The fraction of sp³-hybridized carbons (Fsp3) is 0. The molecule has 6 heteroatoms. The number of aromatic nitrogens is 6. The zero-order chi connectivity index (χ0) is 45.4. The van der Waals surface area contributed by atoms with Crippen LogP contribution in [0.4, 0.5) is 0 Å². The Balaban J connectivity index is 1.03. The molecule has 4 heterocycles. The average Bonchev–Trinajstić information content (AvgIpc) is 4.06. The summed E-state index contributed by atoms with van der Waals surface area (Å²) in [5, 5.41) is 7.16. The average molecular weight is 881 g/mol. The maximum Gasteiger partial charge on any atom is 0.166 e. The van der Waals surface area contributed by atoms with E-state index in [1.54, 1.807) is 0 Å². The molecule has 0 aliphatic heterocycles. The minimum atomic E-state index is 0.591. The summed E-state index contributed by atoms with van der Waals surface area (Å²) in [5.41, 5.74) is 15.0. The lowest BCUT2D eigenvalue weighted by atomic mass is 10.0. The summed E-state index contributed by atoms with van der Waals surface area (Å²) in [7, 11) is 0. The molecule has 0 aliphatic rings. The summed E-state index contributed by atoms with van der Waals surface area (Å²) in [5.74, 6) is 1.82. The van der Waals surface area contributed by atoms with E-state index in [0.717, 1.165) is 61.4 Å². The zero-order valence-electron chi connectivity index (χ0n) is 37.3. The van der Waals surface area contributed by atoms with Gasteiger partial charge in [0.2, 0.25) is 0 Å². The molecule has 14 rings (SSSR count). The third kappa shape index (κ3) is 6.16. The highest BCUT2D eigenvalue weighted by Crippen LogP contribution is 2.43. The van der Waals surface area contributed by atoms with Crippen LogP contribution in [0.1, 0.15) is 0 Å². The number of para-hydroxylation sites is 6. The van der Waals surface area contributed by atoms with Crippen molar-refractivity contribution in [3.63, 3.8) is 0 Å².